The zero-order valence-electron chi connectivity index (χ0n) is 9.48. The zero-order valence-corrected chi connectivity index (χ0v) is 10.2. The van der Waals surface area contributed by atoms with Crippen molar-refractivity contribution < 1.29 is 4.79 Å². The van der Waals surface area contributed by atoms with E-state index in [9.17, 15) is 4.79 Å². The average Bonchev–Trinajstić information content (AvgIpc) is 2.31. The third-order valence-corrected chi connectivity index (χ3v) is 2.45. The van der Waals surface area contributed by atoms with Crippen molar-refractivity contribution in [3.05, 3.63) is 34.9 Å². The Labute approximate surface area is 101 Å². The van der Waals surface area contributed by atoms with Crippen LogP contribution in [0.4, 0.5) is 0 Å². The van der Waals surface area contributed by atoms with E-state index in [-0.39, 0.29) is 5.78 Å². The lowest BCUT2D eigenvalue weighted by Gasteiger charge is -2.12. The lowest BCUT2D eigenvalue weighted by molar-refractivity contribution is 0.106. The third-order valence-electron chi connectivity index (χ3n) is 2.20. The quantitative estimate of drug-likeness (QED) is 0.449. The molecular weight excluding hydrogens is 224 g/mol. The Kier molecular flexibility index (Phi) is 4.99. The minimum absolute atomic E-state index is 0.108. The smallest absolute Gasteiger partial charge is 0.205 e. The Bertz CT molecular complexity index is 369. The maximum absolute atomic E-state index is 11.7. The van der Waals surface area contributed by atoms with Crippen LogP contribution in [0.1, 0.15) is 24.2 Å². The van der Waals surface area contributed by atoms with Gasteiger partial charge < -0.3 is 0 Å². The molecule has 0 radical (unpaired) electrons. The molecule has 16 heavy (non-hydrogen) atoms. The normalized spacial score (nSPS) is 10.7. The summed E-state index contributed by atoms with van der Waals surface area (Å²) in [6, 6.07) is 6.78. The van der Waals surface area contributed by atoms with E-state index in [0.717, 1.165) is 13.1 Å². The van der Waals surface area contributed by atoms with E-state index >= 15 is 0 Å². The van der Waals surface area contributed by atoms with Crippen LogP contribution in [-0.4, -0.2) is 30.1 Å². The standard InChI is InChI=1S/C12H15ClN2O/c1-3-15(4-2)14-9-12(16)10-5-7-11(13)8-6-10/h5-9H,3-4H2,1-2H3/b14-9+. The molecule has 0 heterocycles. The van der Waals surface area contributed by atoms with Crippen LogP contribution in [0.3, 0.4) is 0 Å². The second kappa shape index (κ2) is 6.28. The minimum atomic E-state index is -0.108. The Morgan fingerprint density at radius 2 is 1.88 bits per heavy atom. The molecule has 0 spiro atoms. The highest BCUT2D eigenvalue weighted by Gasteiger charge is 2.02. The van der Waals surface area contributed by atoms with Gasteiger partial charge in [-0.05, 0) is 38.1 Å². The van der Waals surface area contributed by atoms with Gasteiger partial charge in [-0.25, -0.2) is 0 Å². The van der Waals surface area contributed by atoms with E-state index in [1.54, 1.807) is 24.3 Å². The highest BCUT2D eigenvalue weighted by molar-refractivity contribution is 6.35. The van der Waals surface area contributed by atoms with Gasteiger partial charge in [0.25, 0.3) is 0 Å². The summed E-state index contributed by atoms with van der Waals surface area (Å²) in [5.74, 6) is -0.108. The Morgan fingerprint density at radius 1 is 1.31 bits per heavy atom. The molecule has 0 amide bonds. The van der Waals surface area contributed by atoms with E-state index in [1.807, 2.05) is 18.9 Å². The van der Waals surface area contributed by atoms with Gasteiger partial charge >= 0.3 is 0 Å². The predicted octanol–water partition coefficient (Wildman–Crippen LogP) is 2.85. The fraction of sp³-hybridized carbons (Fsp3) is 0.333. The monoisotopic (exact) mass is 238 g/mol. The molecule has 1 rings (SSSR count). The molecule has 1 aromatic carbocycles. The number of hydrogen-bond donors (Lipinski definition) is 0. The van der Waals surface area contributed by atoms with Crippen LogP contribution in [0.2, 0.25) is 5.02 Å². The SMILES string of the molecule is CCN(CC)/N=C/C(=O)c1ccc(Cl)cc1. The topological polar surface area (TPSA) is 32.7 Å². The van der Waals surface area contributed by atoms with E-state index < -0.39 is 0 Å². The number of nitrogens with zero attached hydrogens (tertiary/aromatic N) is 2. The molecule has 0 N–H and O–H groups in total. The van der Waals surface area contributed by atoms with Gasteiger partial charge in [-0.3, -0.25) is 9.80 Å². The molecule has 0 bridgehead atoms. The van der Waals surface area contributed by atoms with Crippen molar-refractivity contribution in [1.29, 1.82) is 0 Å². The molecule has 86 valence electrons. The molecule has 3 nitrogen and oxygen atoms in total. The molecule has 0 atom stereocenters. The number of ketones is 1. The summed E-state index contributed by atoms with van der Waals surface area (Å²) in [4.78, 5) is 11.7. The molecular formula is C12H15ClN2O. The second-order valence-electron chi connectivity index (χ2n) is 3.25. The van der Waals surface area contributed by atoms with Gasteiger partial charge in [0.15, 0.2) is 0 Å². The highest BCUT2D eigenvalue weighted by atomic mass is 35.5. The molecule has 0 aliphatic heterocycles. The lowest BCUT2D eigenvalue weighted by Crippen LogP contribution is -2.17. The van der Waals surface area contributed by atoms with E-state index in [1.165, 1.54) is 6.21 Å². The molecule has 0 aromatic heterocycles. The van der Waals surface area contributed by atoms with Gasteiger partial charge in [-0.15, -0.1) is 0 Å². The number of carbonyl (C=O) groups excluding carboxylic acids is 1. The number of hydrazone groups is 1. The number of rotatable bonds is 5. The van der Waals surface area contributed by atoms with Crippen molar-refractivity contribution in [3.63, 3.8) is 0 Å². The molecule has 4 heteroatoms. The maximum atomic E-state index is 11.7. The van der Waals surface area contributed by atoms with Gasteiger partial charge in [0.2, 0.25) is 5.78 Å². The highest BCUT2D eigenvalue weighted by Crippen LogP contribution is 2.09. The van der Waals surface area contributed by atoms with E-state index in [0.29, 0.717) is 10.6 Å². The largest absolute Gasteiger partial charge is 0.297 e. The fourth-order valence-corrected chi connectivity index (χ4v) is 1.34. The molecule has 0 saturated heterocycles. The summed E-state index contributed by atoms with van der Waals surface area (Å²) in [5.41, 5.74) is 0.598. The number of carbonyl (C=O) groups is 1. The van der Waals surface area contributed by atoms with Crippen LogP contribution < -0.4 is 0 Å². The predicted molar refractivity (Wildman–Crippen MR) is 67.2 cm³/mol. The average molecular weight is 239 g/mol. The summed E-state index contributed by atoms with van der Waals surface area (Å²) in [6.45, 7) is 5.57. The van der Waals surface area contributed by atoms with Gasteiger partial charge in [-0.2, -0.15) is 5.10 Å². The van der Waals surface area contributed by atoms with Crippen molar-refractivity contribution >= 4 is 23.6 Å². The summed E-state index contributed by atoms with van der Waals surface area (Å²) >= 11 is 5.74. The number of Topliss-reactive ketones (excluding diaryl/α,β-unsaturated/α-hetero) is 1. The van der Waals surface area contributed by atoms with Gasteiger partial charge in [0.1, 0.15) is 0 Å². The zero-order chi connectivity index (χ0) is 12.0. The van der Waals surface area contributed by atoms with Crippen LogP contribution in [0.5, 0.6) is 0 Å². The van der Waals surface area contributed by atoms with Crippen molar-refractivity contribution in [2.45, 2.75) is 13.8 Å². The van der Waals surface area contributed by atoms with E-state index in [4.69, 9.17) is 11.6 Å². The lowest BCUT2D eigenvalue weighted by atomic mass is 10.1. The Hall–Kier alpha value is -1.35. The van der Waals surface area contributed by atoms with Gasteiger partial charge in [-0.1, -0.05) is 11.6 Å². The molecule has 0 aliphatic rings. The fourth-order valence-electron chi connectivity index (χ4n) is 1.21. The third kappa shape index (κ3) is 3.66. The maximum Gasteiger partial charge on any atom is 0.205 e. The Balaban J connectivity index is 2.68. The molecule has 0 unspecified atom stereocenters. The molecule has 1 aromatic rings. The van der Waals surface area contributed by atoms with Gasteiger partial charge in [0.05, 0.1) is 6.21 Å². The number of hydrogen-bond acceptors (Lipinski definition) is 3. The Morgan fingerprint density at radius 3 is 2.38 bits per heavy atom. The minimum Gasteiger partial charge on any atom is -0.297 e. The first kappa shape index (κ1) is 12.7. The number of benzene rings is 1. The first-order chi connectivity index (χ1) is 7.67. The van der Waals surface area contributed by atoms with Crippen LogP contribution in [0.15, 0.2) is 29.4 Å². The molecule has 0 saturated carbocycles. The summed E-state index contributed by atoms with van der Waals surface area (Å²) in [7, 11) is 0. The molecule has 0 fully saturated rings. The van der Waals surface area contributed by atoms with Crippen LogP contribution in [-0.2, 0) is 0 Å². The van der Waals surface area contributed by atoms with Crippen LogP contribution in [0.25, 0.3) is 0 Å². The molecule has 0 aliphatic carbocycles. The van der Waals surface area contributed by atoms with Crippen molar-refractivity contribution in [1.82, 2.24) is 5.01 Å². The summed E-state index contributed by atoms with van der Waals surface area (Å²) in [5, 5.41) is 6.52. The first-order valence-corrected chi connectivity index (χ1v) is 5.64. The first-order valence-electron chi connectivity index (χ1n) is 5.26. The van der Waals surface area contributed by atoms with Gasteiger partial charge in [0, 0.05) is 23.7 Å². The van der Waals surface area contributed by atoms with Crippen LogP contribution in [0, 0.1) is 0 Å². The number of halogens is 1. The van der Waals surface area contributed by atoms with Crippen LogP contribution >= 0.6 is 11.6 Å². The summed E-state index contributed by atoms with van der Waals surface area (Å²) in [6.07, 6.45) is 1.34. The van der Waals surface area contributed by atoms with E-state index in [2.05, 4.69) is 5.10 Å². The van der Waals surface area contributed by atoms with Crippen molar-refractivity contribution in [2.75, 3.05) is 13.1 Å². The summed E-state index contributed by atoms with van der Waals surface area (Å²) < 4.78 is 0. The van der Waals surface area contributed by atoms with Crippen molar-refractivity contribution in [3.8, 4) is 0 Å². The second-order valence-corrected chi connectivity index (χ2v) is 3.69. The van der Waals surface area contributed by atoms with Crippen molar-refractivity contribution in [2.24, 2.45) is 5.10 Å².